The van der Waals surface area contributed by atoms with Gasteiger partial charge in [-0.2, -0.15) is 10.8 Å². The van der Waals surface area contributed by atoms with E-state index in [1.54, 1.807) is 25.7 Å². The maximum absolute atomic E-state index is 6.25. The number of hydrogen-bond acceptors (Lipinski definition) is 5. The molecule has 6 nitrogen and oxygen atoms in total. The number of ether oxygens (including phenoxy) is 1. The first kappa shape index (κ1) is 11.1. The SMILES string of the molecule is COC1CN(C2=C3C=NC=C[N+]3(N)C(Br)=N2)C1. The van der Waals surface area contributed by atoms with Crippen molar-refractivity contribution in [1.82, 2.24) is 4.90 Å². The topological polar surface area (TPSA) is 63.2 Å². The Kier molecular flexibility index (Phi) is 2.44. The highest BCUT2D eigenvalue weighted by Gasteiger charge is 2.45. The lowest BCUT2D eigenvalue weighted by atomic mass is 10.1. The molecule has 1 fully saturated rings. The normalized spacial score (nSPS) is 31.7. The fourth-order valence-electron chi connectivity index (χ4n) is 2.04. The minimum absolute atomic E-state index is 0.0625. The van der Waals surface area contributed by atoms with Crippen molar-refractivity contribution in [1.29, 1.82) is 0 Å². The van der Waals surface area contributed by atoms with E-state index in [9.17, 15) is 0 Å². The van der Waals surface area contributed by atoms with E-state index in [0.29, 0.717) is 4.74 Å². The molecule has 0 spiro atoms. The minimum Gasteiger partial charge on any atom is -0.378 e. The van der Waals surface area contributed by atoms with Gasteiger partial charge in [-0.15, -0.1) is 4.59 Å². The first-order valence-electron chi connectivity index (χ1n) is 5.30. The van der Waals surface area contributed by atoms with Gasteiger partial charge < -0.3 is 9.64 Å². The maximum atomic E-state index is 6.25. The van der Waals surface area contributed by atoms with Crippen LogP contribution in [0.2, 0.25) is 0 Å². The van der Waals surface area contributed by atoms with Crippen molar-refractivity contribution in [3.63, 3.8) is 0 Å². The highest BCUT2D eigenvalue weighted by molar-refractivity contribution is 9.18. The largest absolute Gasteiger partial charge is 0.378 e. The summed E-state index contributed by atoms with van der Waals surface area (Å²) in [6, 6.07) is 0. The fourth-order valence-corrected chi connectivity index (χ4v) is 2.51. The summed E-state index contributed by atoms with van der Waals surface area (Å²) < 4.78 is 5.99. The van der Waals surface area contributed by atoms with Crippen molar-refractivity contribution < 1.29 is 9.33 Å². The molecule has 2 N–H and O–H groups in total. The summed E-state index contributed by atoms with van der Waals surface area (Å²) in [5.41, 5.74) is 0.883. The summed E-state index contributed by atoms with van der Waals surface area (Å²) >= 11 is 3.42. The molecule has 3 rings (SSSR count). The van der Waals surface area contributed by atoms with Gasteiger partial charge >= 0.3 is 4.74 Å². The predicted octanol–water partition coefficient (Wildman–Crippen LogP) is 0.497. The number of nitrogens with two attached hydrogens (primary N) is 1. The molecule has 0 radical (unpaired) electrons. The molecule has 0 aromatic heterocycles. The number of methoxy groups -OCH3 is 1. The number of likely N-dealkylation sites (tertiary alicyclic amines) is 1. The minimum atomic E-state index is 0.0625. The third kappa shape index (κ3) is 1.50. The molecule has 0 aliphatic carbocycles. The summed E-state index contributed by atoms with van der Waals surface area (Å²) in [4.78, 5) is 10.7. The third-order valence-corrected chi connectivity index (χ3v) is 3.96. The van der Waals surface area contributed by atoms with E-state index in [-0.39, 0.29) is 10.7 Å². The van der Waals surface area contributed by atoms with Crippen molar-refractivity contribution in [2.45, 2.75) is 6.10 Å². The lowest BCUT2D eigenvalue weighted by molar-refractivity contribution is -0.747. The van der Waals surface area contributed by atoms with E-state index in [4.69, 9.17) is 10.6 Å². The summed E-state index contributed by atoms with van der Waals surface area (Å²) in [6.07, 6.45) is 5.52. The van der Waals surface area contributed by atoms with Crippen LogP contribution in [0.25, 0.3) is 0 Å². The highest BCUT2D eigenvalue weighted by atomic mass is 79.9. The second-order valence-corrected chi connectivity index (χ2v) is 4.92. The number of quaternary nitrogens is 1. The smallest absolute Gasteiger partial charge is 0.302 e. The van der Waals surface area contributed by atoms with E-state index >= 15 is 0 Å². The van der Waals surface area contributed by atoms with Gasteiger partial charge in [0.15, 0.2) is 0 Å². The molecule has 3 heterocycles. The Balaban J connectivity index is 1.92. The summed E-state index contributed by atoms with van der Waals surface area (Å²) in [7, 11) is 1.72. The van der Waals surface area contributed by atoms with Crippen molar-refractivity contribution >= 4 is 26.9 Å². The molecule has 7 heteroatoms. The first-order chi connectivity index (χ1) is 8.15. The van der Waals surface area contributed by atoms with Crippen LogP contribution < -0.4 is 5.84 Å². The van der Waals surface area contributed by atoms with Gasteiger partial charge in [0.2, 0.25) is 11.5 Å². The average molecular weight is 299 g/mol. The average Bonchev–Trinajstić information content (AvgIpc) is 2.51. The predicted molar refractivity (Wildman–Crippen MR) is 67.8 cm³/mol. The monoisotopic (exact) mass is 298 g/mol. The highest BCUT2D eigenvalue weighted by Crippen LogP contribution is 2.33. The summed E-state index contributed by atoms with van der Waals surface area (Å²) in [6.45, 7) is 1.69. The maximum Gasteiger partial charge on any atom is 0.302 e. The van der Waals surface area contributed by atoms with Gasteiger partial charge in [0.25, 0.3) is 0 Å². The second kappa shape index (κ2) is 3.74. The molecule has 17 heavy (non-hydrogen) atoms. The van der Waals surface area contributed by atoms with Crippen molar-refractivity contribution in [2.24, 2.45) is 15.8 Å². The van der Waals surface area contributed by atoms with Crippen molar-refractivity contribution in [3.8, 4) is 0 Å². The van der Waals surface area contributed by atoms with Crippen LogP contribution in [-0.2, 0) is 4.74 Å². The number of hydrogen-bond donors (Lipinski definition) is 1. The van der Waals surface area contributed by atoms with Gasteiger partial charge in [-0.25, -0.2) is 0 Å². The van der Waals surface area contributed by atoms with Gasteiger partial charge in [0, 0.05) is 36.1 Å². The zero-order chi connectivity index (χ0) is 12.0. The van der Waals surface area contributed by atoms with Gasteiger partial charge in [-0.3, -0.25) is 4.99 Å². The molecule has 1 saturated heterocycles. The first-order valence-corrected chi connectivity index (χ1v) is 6.10. The molecule has 1 atom stereocenters. The zero-order valence-electron chi connectivity index (χ0n) is 9.38. The molecule has 0 aromatic rings. The molecule has 0 saturated carbocycles. The Bertz CT molecular complexity index is 477. The van der Waals surface area contributed by atoms with E-state index in [1.165, 1.54) is 0 Å². The summed E-state index contributed by atoms with van der Waals surface area (Å²) in [5, 5.41) is 0. The molecule has 0 amide bonds. The summed E-state index contributed by atoms with van der Waals surface area (Å²) in [5.74, 6) is 7.12. The van der Waals surface area contributed by atoms with Gasteiger partial charge in [-0.1, -0.05) is 0 Å². The van der Waals surface area contributed by atoms with Crippen LogP contribution >= 0.6 is 15.9 Å². The molecule has 3 aliphatic heterocycles. The molecule has 3 aliphatic rings. The molecular weight excluding hydrogens is 286 g/mol. The van der Waals surface area contributed by atoms with E-state index in [1.807, 2.05) is 0 Å². The number of halogens is 1. The number of amidine groups is 1. The fraction of sp³-hybridized carbons (Fsp3) is 0.400. The molecule has 1 unspecified atom stereocenters. The number of fused-ring (bicyclic) bond motifs is 1. The van der Waals surface area contributed by atoms with Gasteiger partial charge in [-0.05, 0) is 0 Å². The number of nitrogens with zero attached hydrogens (tertiary/aromatic N) is 4. The Morgan fingerprint density at radius 2 is 2.35 bits per heavy atom. The second-order valence-electron chi connectivity index (χ2n) is 4.21. The third-order valence-electron chi connectivity index (χ3n) is 3.20. The Morgan fingerprint density at radius 1 is 1.59 bits per heavy atom. The van der Waals surface area contributed by atoms with Crippen LogP contribution in [0.4, 0.5) is 0 Å². The van der Waals surface area contributed by atoms with E-state index in [2.05, 4.69) is 30.8 Å². The molecule has 0 aromatic carbocycles. The van der Waals surface area contributed by atoms with Crippen LogP contribution in [0.15, 0.2) is 33.9 Å². The van der Waals surface area contributed by atoms with Crippen LogP contribution in [-0.4, -0.2) is 46.8 Å². The van der Waals surface area contributed by atoms with E-state index < -0.39 is 0 Å². The number of allylic oxidation sites excluding steroid dienone is 1. The van der Waals surface area contributed by atoms with Crippen molar-refractivity contribution in [2.75, 3.05) is 20.2 Å². The van der Waals surface area contributed by atoms with Gasteiger partial charge in [0.1, 0.15) is 6.20 Å². The van der Waals surface area contributed by atoms with Crippen molar-refractivity contribution in [3.05, 3.63) is 23.9 Å². The Hall–Kier alpha value is -1.02. The molecule has 90 valence electrons. The standard InChI is InChI=1S/C10H13BrN5O/c1-17-7-5-15(6-7)9-8-4-13-2-3-16(8,12)10(11)14-9/h2-4,7H,5-6,12H2,1H3/q+1. The zero-order valence-corrected chi connectivity index (χ0v) is 11.0. The molecule has 0 bridgehead atoms. The Morgan fingerprint density at radius 3 is 3.06 bits per heavy atom. The van der Waals surface area contributed by atoms with E-state index in [0.717, 1.165) is 24.6 Å². The van der Waals surface area contributed by atoms with Crippen LogP contribution in [0.3, 0.4) is 0 Å². The lowest BCUT2D eigenvalue weighted by Gasteiger charge is -2.39. The van der Waals surface area contributed by atoms with Crippen LogP contribution in [0, 0.1) is 0 Å². The van der Waals surface area contributed by atoms with Crippen LogP contribution in [0.1, 0.15) is 0 Å². The number of aliphatic imine (C=N–C) groups is 2. The van der Waals surface area contributed by atoms with Gasteiger partial charge in [0.05, 0.1) is 18.5 Å². The quantitative estimate of drug-likeness (QED) is 0.459. The number of rotatable bonds is 2. The Labute approximate surface area is 107 Å². The molecular formula is C10H13BrN5O+. The van der Waals surface area contributed by atoms with Crippen LogP contribution in [0.5, 0.6) is 0 Å². The lowest BCUT2D eigenvalue weighted by Crippen LogP contribution is -2.53.